The SMILES string of the molecule is C=CCON(Cc1ccc(NC(=O)OC(C)(C)C)cc1[N+](=O)[O-])C(=O)c1csc(-c2ccncc2)n1. The second-order valence-corrected chi connectivity index (χ2v) is 9.29. The van der Waals surface area contributed by atoms with Gasteiger partial charge in [0.1, 0.15) is 16.3 Å². The van der Waals surface area contributed by atoms with Crippen molar-refractivity contribution in [3.05, 3.63) is 82.1 Å². The molecule has 3 aromatic rings. The molecule has 3 rings (SSSR count). The van der Waals surface area contributed by atoms with Crippen LogP contribution in [0, 0.1) is 10.1 Å². The molecule has 0 aliphatic carbocycles. The average molecular weight is 512 g/mol. The summed E-state index contributed by atoms with van der Waals surface area (Å²) in [6, 6.07) is 7.66. The van der Waals surface area contributed by atoms with E-state index in [1.807, 2.05) is 0 Å². The fraction of sp³-hybridized carbons (Fsp3) is 0.250. The van der Waals surface area contributed by atoms with Gasteiger partial charge in [0.15, 0.2) is 0 Å². The maximum Gasteiger partial charge on any atom is 0.412 e. The molecule has 0 aliphatic rings. The number of nitrogens with zero attached hydrogens (tertiary/aromatic N) is 4. The maximum absolute atomic E-state index is 13.2. The maximum atomic E-state index is 13.2. The topological polar surface area (TPSA) is 137 Å². The molecule has 11 nitrogen and oxygen atoms in total. The number of anilines is 1. The molecule has 0 unspecified atom stereocenters. The molecule has 188 valence electrons. The van der Waals surface area contributed by atoms with E-state index in [1.165, 1.54) is 35.6 Å². The van der Waals surface area contributed by atoms with E-state index in [4.69, 9.17) is 9.57 Å². The zero-order valence-electron chi connectivity index (χ0n) is 20.0. The highest BCUT2D eigenvalue weighted by Crippen LogP contribution is 2.27. The number of ether oxygens (including phenoxy) is 1. The molecular formula is C24H25N5O6S. The van der Waals surface area contributed by atoms with Crippen molar-refractivity contribution in [1.82, 2.24) is 15.0 Å². The number of rotatable bonds is 9. The van der Waals surface area contributed by atoms with Gasteiger partial charge in [-0.2, -0.15) is 0 Å². The van der Waals surface area contributed by atoms with Crippen molar-refractivity contribution in [3.8, 4) is 10.6 Å². The van der Waals surface area contributed by atoms with Crippen LogP contribution in [-0.4, -0.2) is 44.2 Å². The van der Waals surface area contributed by atoms with Crippen LogP contribution in [-0.2, 0) is 16.1 Å². The summed E-state index contributed by atoms with van der Waals surface area (Å²) < 4.78 is 5.18. The van der Waals surface area contributed by atoms with Crippen LogP contribution in [0.1, 0.15) is 36.8 Å². The van der Waals surface area contributed by atoms with E-state index < -0.39 is 22.5 Å². The number of hydrogen-bond donors (Lipinski definition) is 1. The first-order valence-electron chi connectivity index (χ1n) is 10.8. The van der Waals surface area contributed by atoms with Crippen LogP contribution >= 0.6 is 11.3 Å². The minimum atomic E-state index is -0.746. The second kappa shape index (κ2) is 11.5. The van der Waals surface area contributed by atoms with Crippen molar-refractivity contribution < 1.29 is 24.1 Å². The molecule has 1 N–H and O–H groups in total. The van der Waals surface area contributed by atoms with E-state index in [9.17, 15) is 19.7 Å². The van der Waals surface area contributed by atoms with E-state index >= 15 is 0 Å². The molecule has 36 heavy (non-hydrogen) atoms. The molecule has 0 aliphatic heterocycles. The largest absolute Gasteiger partial charge is 0.444 e. The van der Waals surface area contributed by atoms with Crippen molar-refractivity contribution in [3.63, 3.8) is 0 Å². The number of carbonyl (C=O) groups excluding carboxylic acids is 2. The number of amides is 2. The van der Waals surface area contributed by atoms with Gasteiger partial charge >= 0.3 is 6.09 Å². The van der Waals surface area contributed by atoms with E-state index in [0.717, 1.165) is 10.6 Å². The monoisotopic (exact) mass is 511 g/mol. The third kappa shape index (κ3) is 7.17. The number of hydroxylamine groups is 2. The summed E-state index contributed by atoms with van der Waals surface area (Å²) >= 11 is 1.28. The molecule has 2 heterocycles. The first-order valence-corrected chi connectivity index (χ1v) is 11.6. The van der Waals surface area contributed by atoms with Gasteiger partial charge in [0.2, 0.25) is 0 Å². The summed E-state index contributed by atoms with van der Waals surface area (Å²) in [5.41, 5.74) is 0.256. The Labute approximate surface area is 211 Å². The lowest BCUT2D eigenvalue weighted by Gasteiger charge is -2.21. The molecule has 0 atom stereocenters. The Morgan fingerprint density at radius 3 is 2.61 bits per heavy atom. The molecule has 0 saturated heterocycles. The van der Waals surface area contributed by atoms with E-state index in [-0.39, 0.29) is 35.8 Å². The normalized spacial score (nSPS) is 11.0. The lowest BCUT2D eigenvalue weighted by Crippen LogP contribution is -2.31. The summed E-state index contributed by atoms with van der Waals surface area (Å²) in [6.45, 7) is 8.46. The van der Waals surface area contributed by atoms with Crippen molar-refractivity contribution in [1.29, 1.82) is 0 Å². The third-order valence-electron chi connectivity index (χ3n) is 4.47. The number of benzene rings is 1. The van der Waals surface area contributed by atoms with Gasteiger partial charge in [-0.15, -0.1) is 17.9 Å². The van der Waals surface area contributed by atoms with E-state index in [1.54, 1.807) is 50.7 Å². The smallest absolute Gasteiger partial charge is 0.412 e. The predicted octanol–water partition coefficient (Wildman–Crippen LogP) is 5.22. The Morgan fingerprint density at radius 2 is 1.97 bits per heavy atom. The number of carbonyl (C=O) groups is 2. The Kier molecular flexibility index (Phi) is 8.46. The highest BCUT2D eigenvalue weighted by molar-refractivity contribution is 7.13. The quantitative estimate of drug-likeness (QED) is 0.234. The summed E-state index contributed by atoms with van der Waals surface area (Å²) in [5.74, 6) is -0.571. The van der Waals surface area contributed by atoms with Crippen LogP contribution in [0.2, 0.25) is 0 Å². The third-order valence-corrected chi connectivity index (χ3v) is 5.36. The van der Waals surface area contributed by atoms with Gasteiger partial charge in [-0.3, -0.25) is 30.0 Å². The summed E-state index contributed by atoms with van der Waals surface area (Å²) in [6.07, 6.45) is 3.95. The van der Waals surface area contributed by atoms with Gasteiger partial charge in [0.25, 0.3) is 11.6 Å². The van der Waals surface area contributed by atoms with Crippen LogP contribution in [0.4, 0.5) is 16.2 Å². The lowest BCUT2D eigenvalue weighted by molar-refractivity contribution is -0.385. The molecule has 0 radical (unpaired) electrons. The molecule has 2 amide bonds. The highest BCUT2D eigenvalue weighted by Gasteiger charge is 2.25. The van der Waals surface area contributed by atoms with Gasteiger partial charge in [0, 0.05) is 29.4 Å². The van der Waals surface area contributed by atoms with Gasteiger partial charge in [0.05, 0.1) is 29.3 Å². The number of nitro benzene ring substituents is 1. The first-order chi connectivity index (χ1) is 17.1. The molecule has 12 heteroatoms. The lowest BCUT2D eigenvalue weighted by atomic mass is 10.1. The standard InChI is InChI=1S/C24H25N5O6S/c1-5-12-34-28(22(30)19-15-36-21(27-19)16-8-10-25-11-9-16)14-17-6-7-18(13-20(17)29(32)33)26-23(31)35-24(2,3)4/h5-11,13,15H,1,12,14H2,2-4H3,(H,26,31). The van der Waals surface area contributed by atoms with Crippen LogP contribution < -0.4 is 5.32 Å². The predicted molar refractivity (Wildman–Crippen MR) is 134 cm³/mol. The van der Waals surface area contributed by atoms with E-state index in [0.29, 0.717) is 5.01 Å². The number of aromatic nitrogens is 2. The van der Waals surface area contributed by atoms with Crippen LogP contribution in [0.3, 0.4) is 0 Å². The summed E-state index contributed by atoms with van der Waals surface area (Å²) in [7, 11) is 0. The minimum absolute atomic E-state index is 0.000824. The first kappa shape index (κ1) is 26.4. The molecule has 0 spiro atoms. The Hall–Kier alpha value is -4.16. The second-order valence-electron chi connectivity index (χ2n) is 8.43. The highest BCUT2D eigenvalue weighted by atomic mass is 32.1. The molecule has 0 fully saturated rings. The van der Waals surface area contributed by atoms with Crippen molar-refractivity contribution in [2.75, 3.05) is 11.9 Å². The molecule has 1 aromatic carbocycles. The van der Waals surface area contributed by atoms with Gasteiger partial charge in [-0.1, -0.05) is 6.08 Å². The van der Waals surface area contributed by atoms with Crippen LogP contribution in [0.15, 0.2) is 60.8 Å². The molecule has 2 aromatic heterocycles. The van der Waals surface area contributed by atoms with Crippen molar-refractivity contribution in [2.45, 2.75) is 32.9 Å². The Morgan fingerprint density at radius 1 is 1.25 bits per heavy atom. The fourth-order valence-corrected chi connectivity index (χ4v) is 3.77. The number of thiazole rings is 1. The summed E-state index contributed by atoms with van der Waals surface area (Å²) in [4.78, 5) is 50.3. The fourth-order valence-electron chi connectivity index (χ4n) is 2.97. The van der Waals surface area contributed by atoms with Crippen LogP contribution in [0.25, 0.3) is 10.6 Å². The average Bonchev–Trinajstić information content (AvgIpc) is 3.31. The molecular weight excluding hydrogens is 486 g/mol. The Bertz CT molecular complexity index is 1260. The van der Waals surface area contributed by atoms with Gasteiger partial charge < -0.3 is 4.74 Å². The van der Waals surface area contributed by atoms with Crippen molar-refractivity contribution in [2.24, 2.45) is 0 Å². The van der Waals surface area contributed by atoms with Crippen molar-refractivity contribution >= 4 is 34.7 Å². The zero-order valence-corrected chi connectivity index (χ0v) is 20.8. The van der Waals surface area contributed by atoms with Gasteiger partial charge in [-0.25, -0.2) is 14.8 Å². The summed E-state index contributed by atoms with van der Waals surface area (Å²) in [5, 5.41) is 17.4. The van der Waals surface area contributed by atoms with Crippen LogP contribution in [0.5, 0.6) is 0 Å². The zero-order chi connectivity index (χ0) is 26.3. The number of nitro groups is 1. The van der Waals surface area contributed by atoms with Gasteiger partial charge in [-0.05, 0) is 45.0 Å². The minimum Gasteiger partial charge on any atom is -0.444 e. The molecule has 0 bridgehead atoms. The Balaban J connectivity index is 1.83. The number of pyridine rings is 1. The number of hydrogen-bond acceptors (Lipinski definition) is 9. The number of nitrogens with one attached hydrogen (secondary N) is 1. The van der Waals surface area contributed by atoms with E-state index in [2.05, 4.69) is 21.9 Å². The molecule has 0 saturated carbocycles.